The number of benzene rings is 2. The Morgan fingerprint density at radius 1 is 0.970 bits per heavy atom. The first-order valence-electron chi connectivity index (χ1n) is 11.8. The van der Waals surface area contributed by atoms with Crippen molar-refractivity contribution in [3.05, 3.63) is 66.5 Å². The Kier molecular flexibility index (Phi) is 9.51. The number of aromatic nitrogens is 2. The minimum absolute atomic E-state index is 0.128. The van der Waals surface area contributed by atoms with Gasteiger partial charge in [-0.2, -0.15) is 0 Å². The Morgan fingerprint density at radius 3 is 2.48 bits per heavy atom. The second-order valence-corrected chi connectivity index (χ2v) is 8.01. The predicted octanol–water partition coefficient (Wildman–Crippen LogP) is 5.83. The number of hydrogen-bond acceptors (Lipinski definition) is 6. The van der Waals surface area contributed by atoms with Gasteiger partial charge in [0.25, 0.3) is 0 Å². The molecule has 1 heterocycles. The molecule has 1 atom stereocenters. The van der Waals surface area contributed by atoms with E-state index in [2.05, 4.69) is 48.1 Å². The molecule has 6 heteroatoms. The summed E-state index contributed by atoms with van der Waals surface area (Å²) in [6.07, 6.45) is 5.65. The highest BCUT2D eigenvalue weighted by Gasteiger charge is 2.11. The number of nitrogens with one attached hydrogen (secondary N) is 1. The van der Waals surface area contributed by atoms with E-state index in [-0.39, 0.29) is 6.04 Å². The molecule has 3 rings (SSSR count). The van der Waals surface area contributed by atoms with Crippen LogP contribution in [-0.2, 0) is 0 Å². The topological polar surface area (TPSA) is 59.5 Å². The van der Waals surface area contributed by atoms with Crippen LogP contribution in [0, 0.1) is 0 Å². The number of rotatable bonds is 13. The summed E-state index contributed by atoms with van der Waals surface area (Å²) in [6.45, 7) is 10.5. The summed E-state index contributed by atoms with van der Waals surface area (Å²) < 4.78 is 11.6. The molecule has 0 aliphatic rings. The summed E-state index contributed by atoms with van der Waals surface area (Å²) in [7, 11) is 1.66. The van der Waals surface area contributed by atoms with Crippen molar-refractivity contribution in [3.8, 4) is 22.8 Å². The van der Waals surface area contributed by atoms with Crippen molar-refractivity contribution >= 4 is 5.82 Å². The van der Waals surface area contributed by atoms with Crippen LogP contribution >= 0.6 is 0 Å². The van der Waals surface area contributed by atoms with Crippen LogP contribution in [0.5, 0.6) is 11.5 Å². The maximum atomic E-state index is 6.00. The Labute approximate surface area is 198 Å². The Balaban J connectivity index is 1.62. The molecule has 2 aromatic carbocycles. The fourth-order valence-electron chi connectivity index (χ4n) is 3.73. The monoisotopic (exact) mass is 448 g/mol. The molecule has 33 heavy (non-hydrogen) atoms. The van der Waals surface area contributed by atoms with Crippen LogP contribution in [0.1, 0.15) is 45.2 Å². The van der Waals surface area contributed by atoms with Crippen LogP contribution in [-0.4, -0.2) is 48.2 Å². The van der Waals surface area contributed by atoms with Crippen LogP contribution in [0.2, 0.25) is 0 Å². The van der Waals surface area contributed by atoms with E-state index >= 15 is 0 Å². The first kappa shape index (κ1) is 24.5. The molecular formula is C27H36N4O2. The molecule has 1 N–H and O–H groups in total. The van der Waals surface area contributed by atoms with Gasteiger partial charge < -0.3 is 19.7 Å². The van der Waals surface area contributed by atoms with Gasteiger partial charge in [-0.1, -0.05) is 44.2 Å². The van der Waals surface area contributed by atoms with Gasteiger partial charge in [0.15, 0.2) is 11.5 Å². The van der Waals surface area contributed by atoms with Crippen molar-refractivity contribution in [3.63, 3.8) is 0 Å². The van der Waals surface area contributed by atoms with Gasteiger partial charge >= 0.3 is 0 Å². The average Bonchev–Trinajstić information content (AvgIpc) is 2.87. The molecular weight excluding hydrogens is 412 g/mol. The number of nitrogens with zero attached hydrogens (tertiary/aromatic N) is 3. The van der Waals surface area contributed by atoms with E-state index in [0.29, 0.717) is 12.4 Å². The third kappa shape index (κ3) is 7.19. The van der Waals surface area contributed by atoms with E-state index in [9.17, 15) is 0 Å². The maximum absolute atomic E-state index is 6.00. The highest BCUT2D eigenvalue weighted by atomic mass is 16.5. The van der Waals surface area contributed by atoms with Crippen LogP contribution in [0.4, 0.5) is 5.82 Å². The summed E-state index contributed by atoms with van der Waals surface area (Å²) >= 11 is 0. The molecule has 3 aromatic rings. The zero-order valence-electron chi connectivity index (χ0n) is 20.3. The van der Waals surface area contributed by atoms with Gasteiger partial charge in [-0.15, -0.1) is 0 Å². The number of hydrogen-bond donors (Lipinski definition) is 1. The molecule has 176 valence electrons. The summed E-state index contributed by atoms with van der Waals surface area (Å²) in [4.78, 5) is 11.6. The average molecular weight is 449 g/mol. The molecule has 0 fully saturated rings. The Hall–Kier alpha value is -3.12. The largest absolute Gasteiger partial charge is 0.493 e. The predicted molar refractivity (Wildman–Crippen MR) is 135 cm³/mol. The van der Waals surface area contributed by atoms with Gasteiger partial charge in [0, 0.05) is 11.6 Å². The van der Waals surface area contributed by atoms with Crippen molar-refractivity contribution in [1.82, 2.24) is 14.9 Å². The highest BCUT2D eigenvalue weighted by Crippen LogP contribution is 2.32. The van der Waals surface area contributed by atoms with Crippen LogP contribution < -0.4 is 14.8 Å². The smallest absolute Gasteiger partial charge is 0.161 e. The van der Waals surface area contributed by atoms with Crippen LogP contribution in [0.3, 0.4) is 0 Å². The number of anilines is 1. The second-order valence-electron chi connectivity index (χ2n) is 8.01. The maximum Gasteiger partial charge on any atom is 0.161 e. The van der Waals surface area contributed by atoms with E-state index in [4.69, 9.17) is 14.5 Å². The first-order chi connectivity index (χ1) is 16.1. The number of unbranched alkanes of at least 4 members (excludes halogenated alkanes) is 1. The molecule has 0 bridgehead atoms. The molecule has 0 aliphatic heterocycles. The van der Waals surface area contributed by atoms with Crippen molar-refractivity contribution in [1.29, 1.82) is 0 Å². The van der Waals surface area contributed by atoms with Crippen molar-refractivity contribution in [2.24, 2.45) is 0 Å². The molecule has 1 unspecified atom stereocenters. The van der Waals surface area contributed by atoms with Crippen LogP contribution in [0.25, 0.3) is 11.3 Å². The fourth-order valence-corrected chi connectivity index (χ4v) is 3.73. The quantitative estimate of drug-likeness (QED) is 0.332. The molecule has 0 radical (unpaired) electrons. The molecule has 1 aromatic heterocycles. The number of methoxy groups -OCH3 is 1. The lowest BCUT2D eigenvalue weighted by Crippen LogP contribution is -2.24. The molecule has 0 spiro atoms. The van der Waals surface area contributed by atoms with Crippen molar-refractivity contribution < 1.29 is 9.47 Å². The fraction of sp³-hybridized carbons (Fsp3) is 0.407. The summed E-state index contributed by atoms with van der Waals surface area (Å²) in [5.74, 6) is 2.19. The van der Waals surface area contributed by atoms with E-state index in [0.717, 1.165) is 55.3 Å². The molecule has 6 nitrogen and oxygen atoms in total. The lowest BCUT2D eigenvalue weighted by Gasteiger charge is -2.18. The van der Waals surface area contributed by atoms with Crippen LogP contribution in [0.15, 0.2) is 60.9 Å². The van der Waals surface area contributed by atoms with Gasteiger partial charge in [0.2, 0.25) is 0 Å². The van der Waals surface area contributed by atoms with Gasteiger partial charge in [-0.25, -0.2) is 4.98 Å². The van der Waals surface area contributed by atoms with Gasteiger partial charge in [0.1, 0.15) is 5.82 Å². The lowest BCUT2D eigenvalue weighted by molar-refractivity contribution is 0.259. The Morgan fingerprint density at radius 2 is 1.76 bits per heavy atom. The van der Waals surface area contributed by atoms with E-state index < -0.39 is 0 Å². The van der Waals surface area contributed by atoms with Gasteiger partial charge in [-0.05, 0) is 63.2 Å². The standard InChI is InChI=1S/C27H36N4O2/c1-5-31(6-2)16-10-11-17-33-25-15-14-23(18-26(25)32-4)24-19-28-20-27(30-24)29-21(3)22-12-8-7-9-13-22/h7-9,12-15,18-21H,5-6,10-11,16-17H2,1-4H3,(H,29,30). The second kappa shape index (κ2) is 12.8. The molecule has 0 saturated carbocycles. The van der Waals surface area contributed by atoms with E-state index in [1.807, 2.05) is 36.4 Å². The minimum atomic E-state index is 0.128. The molecule has 0 saturated heterocycles. The van der Waals surface area contributed by atoms with Gasteiger partial charge in [-0.3, -0.25) is 4.98 Å². The first-order valence-corrected chi connectivity index (χ1v) is 11.8. The minimum Gasteiger partial charge on any atom is -0.493 e. The van der Waals surface area contributed by atoms with E-state index in [1.165, 1.54) is 5.56 Å². The zero-order valence-corrected chi connectivity index (χ0v) is 20.3. The Bertz CT molecular complexity index is 977. The third-order valence-electron chi connectivity index (χ3n) is 5.78. The molecule has 0 aliphatic carbocycles. The van der Waals surface area contributed by atoms with Gasteiger partial charge in [0.05, 0.1) is 31.8 Å². The lowest BCUT2D eigenvalue weighted by atomic mass is 10.1. The highest BCUT2D eigenvalue weighted by molar-refractivity contribution is 5.64. The zero-order chi connectivity index (χ0) is 23.5. The SMILES string of the molecule is CCN(CC)CCCCOc1ccc(-c2cncc(NC(C)c3ccccc3)n2)cc1OC. The summed E-state index contributed by atoms with van der Waals surface area (Å²) in [5.41, 5.74) is 2.92. The number of ether oxygens (including phenoxy) is 2. The van der Waals surface area contributed by atoms with Crippen molar-refractivity contribution in [2.75, 3.05) is 38.7 Å². The third-order valence-corrected chi connectivity index (χ3v) is 5.78. The van der Waals surface area contributed by atoms with Crippen molar-refractivity contribution in [2.45, 2.75) is 39.7 Å². The normalized spacial score (nSPS) is 11.9. The summed E-state index contributed by atoms with van der Waals surface area (Å²) in [6, 6.07) is 16.3. The molecule has 0 amide bonds. The van der Waals surface area contributed by atoms with E-state index in [1.54, 1.807) is 19.5 Å². The summed E-state index contributed by atoms with van der Waals surface area (Å²) in [5, 5.41) is 3.43.